The highest BCUT2D eigenvalue weighted by Crippen LogP contribution is 2.34. The first-order valence-electron chi connectivity index (χ1n) is 6.95. The van der Waals surface area contributed by atoms with Crippen LogP contribution in [-0.2, 0) is 4.79 Å². The Morgan fingerprint density at radius 3 is 2.70 bits per heavy atom. The number of unbranched alkanes of at least 4 members (excludes halogenated alkanes) is 1. The lowest BCUT2D eigenvalue weighted by molar-refractivity contribution is -0.137. The van der Waals surface area contributed by atoms with E-state index < -0.39 is 5.97 Å². The van der Waals surface area contributed by atoms with Crippen molar-refractivity contribution in [2.45, 2.75) is 25.7 Å². The lowest BCUT2D eigenvalue weighted by Crippen LogP contribution is -2.05. The zero-order chi connectivity index (χ0) is 13.9. The molecule has 102 valence electrons. The van der Waals surface area contributed by atoms with Crippen LogP contribution in [0.1, 0.15) is 31.2 Å². The molecule has 0 radical (unpaired) electrons. The molecule has 0 spiro atoms. The summed E-state index contributed by atoms with van der Waals surface area (Å²) in [4.78, 5) is 10.5. The summed E-state index contributed by atoms with van der Waals surface area (Å²) in [5, 5.41) is 14.6. The molecule has 0 fully saturated rings. The number of hydrogen-bond acceptors (Lipinski definition) is 2. The van der Waals surface area contributed by atoms with Crippen molar-refractivity contribution in [3.63, 3.8) is 0 Å². The molecule has 2 aromatic carbocycles. The number of allylic oxidation sites excluding steroid dienone is 1. The largest absolute Gasteiger partial charge is 0.481 e. The first-order valence-corrected chi connectivity index (χ1v) is 6.95. The highest BCUT2D eigenvalue weighted by Gasteiger charge is 2.12. The highest BCUT2D eigenvalue weighted by atomic mass is 16.4. The number of anilines is 1. The fourth-order valence-corrected chi connectivity index (χ4v) is 2.72. The molecular weight excluding hydrogens is 250 g/mol. The third-order valence-corrected chi connectivity index (χ3v) is 3.65. The Labute approximate surface area is 117 Å². The number of aliphatic carboxylic acids is 1. The monoisotopic (exact) mass is 267 g/mol. The molecule has 1 aliphatic rings. The minimum Gasteiger partial charge on any atom is -0.481 e. The van der Waals surface area contributed by atoms with Gasteiger partial charge in [0.15, 0.2) is 0 Å². The molecule has 1 heterocycles. The van der Waals surface area contributed by atoms with Crippen molar-refractivity contribution in [3.05, 3.63) is 47.7 Å². The Hall–Kier alpha value is -2.29. The van der Waals surface area contributed by atoms with Gasteiger partial charge in [-0.05, 0) is 42.4 Å². The number of carboxylic acids is 1. The molecule has 0 unspecified atom stereocenters. The van der Waals surface area contributed by atoms with Crippen molar-refractivity contribution in [2.24, 2.45) is 0 Å². The molecule has 0 bridgehead atoms. The zero-order valence-electron chi connectivity index (χ0n) is 11.2. The van der Waals surface area contributed by atoms with E-state index in [4.69, 9.17) is 5.11 Å². The van der Waals surface area contributed by atoms with Crippen molar-refractivity contribution in [1.29, 1.82) is 0 Å². The maximum absolute atomic E-state index is 10.5. The van der Waals surface area contributed by atoms with Gasteiger partial charge in [-0.3, -0.25) is 4.79 Å². The van der Waals surface area contributed by atoms with Gasteiger partial charge in [-0.15, -0.1) is 0 Å². The van der Waals surface area contributed by atoms with Crippen LogP contribution in [0.2, 0.25) is 0 Å². The summed E-state index contributed by atoms with van der Waals surface area (Å²) in [6.45, 7) is 0. The fourth-order valence-electron chi connectivity index (χ4n) is 2.72. The minimum absolute atomic E-state index is 0.249. The Balaban J connectivity index is 1.78. The molecule has 2 aromatic rings. The standard InChI is InChI=1S/C17H17NO2/c19-16(20)10-2-1-8-14-11-13-7-3-5-12-6-4-9-15(18-14)17(12)13/h3-7,9,11,18H,1-2,8,10H2,(H,19,20). The van der Waals surface area contributed by atoms with Gasteiger partial charge in [-0.1, -0.05) is 30.3 Å². The molecule has 20 heavy (non-hydrogen) atoms. The summed E-state index contributed by atoms with van der Waals surface area (Å²) < 4.78 is 0. The molecule has 0 aliphatic carbocycles. The zero-order valence-corrected chi connectivity index (χ0v) is 11.2. The second kappa shape index (κ2) is 5.37. The van der Waals surface area contributed by atoms with Gasteiger partial charge in [0.25, 0.3) is 0 Å². The van der Waals surface area contributed by atoms with Gasteiger partial charge in [0.2, 0.25) is 0 Å². The third-order valence-electron chi connectivity index (χ3n) is 3.65. The molecule has 3 nitrogen and oxygen atoms in total. The van der Waals surface area contributed by atoms with Crippen LogP contribution in [0.4, 0.5) is 5.69 Å². The van der Waals surface area contributed by atoms with Gasteiger partial charge in [0, 0.05) is 23.2 Å². The first kappa shape index (κ1) is 12.7. The predicted molar refractivity (Wildman–Crippen MR) is 81.7 cm³/mol. The van der Waals surface area contributed by atoms with Crippen molar-refractivity contribution < 1.29 is 9.90 Å². The molecule has 3 heteroatoms. The molecular formula is C17H17NO2. The Kier molecular flexibility index (Phi) is 3.42. The summed E-state index contributed by atoms with van der Waals surface area (Å²) in [6, 6.07) is 12.6. The van der Waals surface area contributed by atoms with E-state index in [1.54, 1.807) is 0 Å². The molecule has 3 rings (SSSR count). The van der Waals surface area contributed by atoms with E-state index in [1.165, 1.54) is 22.0 Å². The number of hydrogen-bond donors (Lipinski definition) is 2. The molecule has 2 N–H and O–H groups in total. The van der Waals surface area contributed by atoms with Gasteiger partial charge in [-0.25, -0.2) is 0 Å². The Morgan fingerprint density at radius 2 is 1.90 bits per heavy atom. The minimum atomic E-state index is -0.717. The van der Waals surface area contributed by atoms with Crippen LogP contribution in [0.5, 0.6) is 0 Å². The summed E-state index contributed by atoms with van der Waals surface area (Å²) in [5.41, 5.74) is 3.56. The second-order valence-electron chi connectivity index (χ2n) is 5.15. The smallest absolute Gasteiger partial charge is 0.303 e. The maximum Gasteiger partial charge on any atom is 0.303 e. The van der Waals surface area contributed by atoms with Gasteiger partial charge in [-0.2, -0.15) is 0 Å². The molecule has 0 aromatic heterocycles. The second-order valence-corrected chi connectivity index (χ2v) is 5.15. The number of rotatable bonds is 5. The predicted octanol–water partition coefficient (Wildman–Crippen LogP) is 4.25. The number of carboxylic acid groups (broad SMARTS) is 1. The van der Waals surface area contributed by atoms with Crippen LogP contribution in [-0.4, -0.2) is 11.1 Å². The summed E-state index contributed by atoms with van der Waals surface area (Å²) >= 11 is 0. The van der Waals surface area contributed by atoms with Crippen LogP contribution >= 0.6 is 0 Å². The van der Waals surface area contributed by atoms with E-state index in [1.807, 2.05) is 0 Å². The van der Waals surface area contributed by atoms with Crippen molar-refractivity contribution in [1.82, 2.24) is 0 Å². The topological polar surface area (TPSA) is 49.3 Å². The van der Waals surface area contributed by atoms with E-state index in [2.05, 4.69) is 47.8 Å². The van der Waals surface area contributed by atoms with E-state index >= 15 is 0 Å². The van der Waals surface area contributed by atoms with Crippen LogP contribution in [0.15, 0.2) is 42.1 Å². The normalized spacial score (nSPS) is 12.9. The van der Waals surface area contributed by atoms with Gasteiger partial charge >= 0.3 is 5.97 Å². The van der Waals surface area contributed by atoms with Gasteiger partial charge in [0.05, 0.1) is 0 Å². The first-order chi connectivity index (χ1) is 9.74. The summed E-state index contributed by atoms with van der Waals surface area (Å²) in [5.74, 6) is -0.717. The van der Waals surface area contributed by atoms with E-state index in [-0.39, 0.29) is 6.42 Å². The number of benzene rings is 2. The van der Waals surface area contributed by atoms with Crippen molar-refractivity contribution >= 4 is 28.5 Å². The van der Waals surface area contributed by atoms with Crippen LogP contribution < -0.4 is 5.32 Å². The molecule has 1 aliphatic heterocycles. The number of nitrogens with one attached hydrogen (secondary N) is 1. The van der Waals surface area contributed by atoms with Gasteiger partial charge in [0.1, 0.15) is 0 Å². The molecule has 0 saturated heterocycles. The SMILES string of the molecule is O=C(O)CCCCC1=Cc2cccc3cccc(c23)N1. The molecule has 0 atom stereocenters. The van der Waals surface area contributed by atoms with E-state index in [9.17, 15) is 4.79 Å². The summed E-state index contributed by atoms with van der Waals surface area (Å²) in [7, 11) is 0. The van der Waals surface area contributed by atoms with E-state index in [0.29, 0.717) is 0 Å². The average molecular weight is 267 g/mol. The fraction of sp³-hybridized carbons (Fsp3) is 0.235. The van der Waals surface area contributed by atoms with Crippen LogP contribution in [0.3, 0.4) is 0 Å². The van der Waals surface area contributed by atoms with Crippen LogP contribution in [0.25, 0.3) is 16.8 Å². The van der Waals surface area contributed by atoms with E-state index in [0.717, 1.165) is 24.9 Å². The summed E-state index contributed by atoms with van der Waals surface area (Å²) in [6.07, 6.45) is 4.93. The highest BCUT2D eigenvalue weighted by molar-refractivity contribution is 6.03. The lowest BCUT2D eigenvalue weighted by Gasteiger charge is -2.20. The quantitative estimate of drug-likeness (QED) is 0.796. The van der Waals surface area contributed by atoms with Crippen molar-refractivity contribution in [2.75, 3.05) is 5.32 Å². The van der Waals surface area contributed by atoms with Crippen LogP contribution in [0, 0.1) is 0 Å². The maximum atomic E-state index is 10.5. The van der Waals surface area contributed by atoms with Crippen molar-refractivity contribution in [3.8, 4) is 0 Å². The lowest BCUT2D eigenvalue weighted by atomic mass is 9.97. The number of carbonyl (C=O) groups is 1. The third kappa shape index (κ3) is 2.52. The molecule has 0 amide bonds. The molecule has 0 saturated carbocycles. The Bertz CT molecular complexity index is 683. The van der Waals surface area contributed by atoms with Gasteiger partial charge < -0.3 is 10.4 Å². The Morgan fingerprint density at radius 1 is 1.10 bits per heavy atom. The average Bonchev–Trinajstić information content (AvgIpc) is 2.44.